The molecule has 3 aromatic carbocycles. The average molecular weight is 781 g/mol. The normalized spacial score (nSPS) is 12.4. The van der Waals surface area contributed by atoms with Crippen LogP contribution in [0.1, 0.15) is 35.8 Å². The quantitative estimate of drug-likeness (QED) is 0.0357. The summed E-state index contributed by atoms with van der Waals surface area (Å²) in [6.07, 6.45) is 12.9. The van der Waals surface area contributed by atoms with Gasteiger partial charge in [-0.25, -0.2) is 0 Å². The fourth-order valence-corrected chi connectivity index (χ4v) is 8.90. The Bertz CT molecular complexity index is 2060. The fraction of sp³-hybridized carbons (Fsp3) is 0.333. The second-order valence-corrected chi connectivity index (χ2v) is 17.4. The topological polar surface area (TPSA) is 52.7 Å². The third-order valence-corrected chi connectivity index (χ3v) is 12.5. The van der Waals surface area contributed by atoms with E-state index in [9.17, 15) is 0 Å². The van der Waals surface area contributed by atoms with Crippen LogP contribution >= 0.6 is 31.7 Å². The summed E-state index contributed by atoms with van der Waals surface area (Å²) in [5.74, 6) is 0.601. The van der Waals surface area contributed by atoms with E-state index in [1.807, 2.05) is 23.5 Å². The highest BCUT2D eigenvalue weighted by Gasteiger charge is 2.13. The van der Waals surface area contributed by atoms with Gasteiger partial charge in [0, 0.05) is 82.2 Å². The zero-order valence-electron chi connectivity index (χ0n) is 33.0. The van der Waals surface area contributed by atoms with Gasteiger partial charge in [-0.05, 0) is 123 Å². The van der Waals surface area contributed by atoms with Crippen molar-refractivity contribution < 1.29 is 0 Å². The molecule has 2 atom stereocenters. The molecule has 2 heterocycles. The van der Waals surface area contributed by atoms with Gasteiger partial charge in [0.1, 0.15) is 0 Å². The lowest BCUT2D eigenvalue weighted by molar-refractivity contribution is 0.400. The number of fused-ring (bicyclic) bond motifs is 1. The molecule has 0 aliphatic carbocycles. The predicted molar refractivity (Wildman–Crippen MR) is 243 cm³/mol. The number of allylic oxidation sites excluding steroid dienone is 1. The second-order valence-electron chi connectivity index (χ2n) is 14.8. The molecule has 2 unspecified atom stereocenters. The van der Waals surface area contributed by atoms with Crippen molar-refractivity contribution in [1.82, 2.24) is 14.4 Å². The fourth-order valence-electron chi connectivity index (χ4n) is 6.68. The summed E-state index contributed by atoms with van der Waals surface area (Å²) in [6.45, 7) is 16.4. The number of rotatable bonds is 20. The van der Waals surface area contributed by atoms with Crippen molar-refractivity contribution in [2.45, 2.75) is 39.5 Å². The molecule has 3 N–H and O–H groups in total. The molecular formula is C45H58ClN6PS. The van der Waals surface area contributed by atoms with Crippen LogP contribution in [0.4, 0.5) is 16.4 Å². The molecule has 0 radical (unpaired) electrons. The van der Waals surface area contributed by atoms with Gasteiger partial charge >= 0.3 is 0 Å². The molecule has 0 saturated carbocycles. The zero-order chi connectivity index (χ0) is 38.8. The summed E-state index contributed by atoms with van der Waals surface area (Å²) in [5.41, 5.74) is 15.1. The molecule has 2 aromatic heterocycles. The maximum absolute atomic E-state index is 6.72. The summed E-state index contributed by atoms with van der Waals surface area (Å²) in [7, 11) is 8.79. The van der Waals surface area contributed by atoms with Crippen LogP contribution in [0, 0.1) is 12.8 Å². The number of aromatic nitrogens is 1. The highest BCUT2D eigenvalue weighted by Crippen LogP contribution is 2.37. The first-order valence-electron chi connectivity index (χ1n) is 18.8. The maximum atomic E-state index is 6.72. The van der Waals surface area contributed by atoms with Crippen molar-refractivity contribution in [3.63, 3.8) is 0 Å². The molecule has 6 nitrogen and oxygen atoms in total. The Morgan fingerprint density at radius 2 is 1.85 bits per heavy atom. The third-order valence-electron chi connectivity index (χ3n) is 9.98. The van der Waals surface area contributed by atoms with Gasteiger partial charge in [0.05, 0.1) is 21.4 Å². The first-order valence-corrected chi connectivity index (χ1v) is 21.0. The van der Waals surface area contributed by atoms with E-state index in [-0.39, 0.29) is 0 Å². The first kappa shape index (κ1) is 41.2. The van der Waals surface area contributed by atoms with Gasteiger partial charge in [-0.1, -0.05) is 61.9 Å². The van der Waals surface area contributed by atoms with E-state index in [0.717, 1.165) is 61.5 Å². The summed E-state index contributed by atoms with van der Waals surface area (Å²) >= 11 is 8.64. The summed E-state index contributed by atoms with van der Waals surface area (Å²) < 4.78 is 2.13. The molecule has 0 aliphatic heterocycles. The summed E-state index contributed by atoms with van der Waals surface area (Å²) in [5, 5.41) is 8.07. The zero-order valence-corrected chi connectivity index (χ0v) is 35.5. The molecule has 0 bridgehead atoms. The number of likely N-dealkylation sites (N-methyl/N-ethyl adjacent to an activating group) is 2. The van der Waals surface area contributed by atoms with Crippen LogP contribution in [-0.4, -0.2) is 61.7 Å². The molecule has 0 amide bonds. The Labute approximate surface area is 334 Å². The molecule has 0 aliphatic rings. The number of hydrogen-bond acceptors (Lipinski definition) is 6. The number of thiophene rings is 1. The molecule has 9 heteroatoms. The lowest BCUT2D eigenvalue weighted by atomic mass is 9.93. The molecule has 0 spiro atoms. The minimum atomic E-state index is 0.389. The van der Waals surface area contributed by atoms with Crippen molar-refractivity contribution in [2.75, 3.05) is 63.0 Å². The van der Waals surface area contributed by atoms with E-state index in [4.69, 9.17) is 17.3 Å². The van der Waals surface area contributed by atoms with Crippen LogP contribution in [0.2, 0.25) is 5.02 Å². The lowest BCUT2D eigenvalue weighted by Gasteiger charge is -2.27. The van der Waals surface area contributed by atoms with Gasteiger partial charge in [0.2, 0.25) is 0 Å². The minimum Gasteiger partial charge on any atom is -0.397 e. The van der Waals surface area contributed by atoms with Crippen LogP contribution in [0.25, 0.3) is 22.0 Å². The van der Waals surface area contributed by atoms with Crippen molar-refractivity contribution >= 4 is 64.3 Å². The molecule has 54 heavy (non-hydrogen) atoms. The Kier molecular flexibility index (Phi) is 14.9. The van der Waals surface area contributed by atoms with Gasteiger partial charge in [0.15, 0.2) is 0 Å². The Morgan fingerprint density at radius 1 is 1.04 bits per heavy atom. The highest BCUT2D eigenvalue weighted by atomic mass is 35.5. The molecule has 0 fully saturated rings. The molecule has 5 rings (SSSR count). The van der Waals surface area contributed by atoms with Gasteiger partial charge in [0.25, 0.3) is 0 Å². The number of hydrogen-bond donors (Lipinski definition) is 2. The number of halogens is 1. The van der Waals surface area contributed by atoms with Crippen LogP contribution < -0.4 is 21.0 Å². The van der Waals surface area contributed by atoms with Crippen molar-refractivity contribution in [1.29, 1.82) is 0 Å². The van der Waals surface area contributed by atoms with Gasteiger partial charge in [-0.2, -0.15) is 0 Å². The lowest BCUT2D eigenvalue weighted by Crippen LogP contribution is -2.32. The van der Waals surface area contributed by atoms with Crippen molar-refractivity contribution in [2.24, 2.45) is 13.0 Å². The number of nitrogen functional groups attached to an aromatic ring is 1. The molecular weight excluding hydrogens is 723 g/mol. The Balaban J connectivity index is 1.11. The SMILES string of the molecule is C=CCN(CCN(C)c1ccc(CCCC(C)Cc2cc(PNc3cc(-c4ccc5c(ccn5C)c4)c(Cl)cc3N)ccc2C)s1)C(=C)/C=C/CN(C)C. The summed E-state index contributed by atoms with van der Waals surface area (Å²) in [6, 6.07) is 24.0. The highest BCUT2D eigenvalue weighted by molar-refractivity contribution is 7.48. The number of anilines is 3. The first-order chi connectivity index (χ1) is 25.9. The second kappa shape index (κ2) is 19.5. The van der Waals surface area contributed by atoms with Gasteiger partial charge in [-0.15, -0.1) is 17.9 Å². The summed E-state index contributed by atoms with van der Waals surface area (Å²) in [4.78, 5) is 8.25. The molecule has 0 saturated heterocycles. The van der Waals surface area contributed by atoms with Crippen LogP contribution in [0.3, 0.4) is 0 Å². The minimum absolute atomic E-state index is 0.389. The number of nitrogens with one attached hydrogen (secondary N) is 1. The van der Waals surface area contributed by atoms with E-state index in [1.54, 1.807) is 0 Å². The smallest absolute Gasteiger partial charge is 0.0909 e. The number of benzene rings is 3. The molecule has 5 aromatic rings. The van der Waals surface area contributed by atoms with Gasteiger partial charge < -0.3 is 30.1 Å². The van der Waals surface area contributed by atoms with Crippen molar-refractivity contribution in [3.05, 3.63) is 131 Å². The standard InChI is InChI=1S/C45H58ClN6PS/c1-9-22-52(34(4)13-11-23-49(5)6)26-25-51(8)45-20-18-39(54-45)14-10-12-32(2)27-37-29-38(17-15-33(37)3)53-48-43-30-40(41(46)31-42(43)47)35-16-19-44-36(28-35)21-24-50(44)7/h9,11,13,15-21,24,28-32,48,53H,1,4,10,12,14,22-23,25-27,47H2,2-3,5-8H3/b13-11+. The maximum Gasteiger partial charge on any atom is 0.0909 e. The monoisotopic (exact) mass is 780 g/mol. The number of nitrogens with two attached hydrogens (primary N) is 1. The van der Waals surface area contributed by atoms with Crippen LogP contribution in [0.5, 0.6) is 0 Å². The Hall–Kier alpha value is -4.00. The third kappa shape index (κ3) is 11.3. The van der Waals surface area contributed by atoms with E-state index in [2.05, 4.69) is 159 Å². The van der Waals surface area contributed by atoms with Crippen LogP contribution in [0.15, 0.2) is 110 Å². The number of aryl methyl sites for hydroxylation is 3. The van der Waals surface area contributed by atoms with Gasteiger partial charge in [-0.3, -0.25) is 0 Å². The van der Waals surface area contributed by atoms with E-state index in [0.29, 0.717) is 25.4 Å². The Morgan fingerprint density at radius 3 is 2.63 bits per heavy atom. The molecule has 286 valence electrons. The van der Waals surface area contributed by atoms with Crippen LogP contribution in [-0.2, 0) is 19.9 Å². The van der Waals surface area contributed by atoms with E-state index < -0.39 is 0 Å². The van der Waals surface area contributed by atoms with E-state index in [1.165, 1.54) is 50.1 Å². The largest absolute Gasteiger partial charge is 0.397 e. The van der Waals surface area contributed by atoms with E-state index >= 15 is 0 Å². The predicted octanol–water partition coefficient (Wildman–Crippen LogP) is 10.5. The average Bonchev–Trinajstić information content (AvgIpc) is 3.77. The van der Waals surface area contributed by atoms with Crippen molar-refractivity contribution in [3.8, 4) is 11.1 Å². The number of nitrogens with zero attached hydrogens (tertiary/aromatic N) is 4.